The van der Waals surface area contributed by atoms with Crippen LogP contribution in [0, 0.1) is 0 Å². The summed E-state index contributed by atoms with van der Waals surface area (Å²) in [4.78, 5) is 21.9. The van der Waals surface area contributed by atoms with Crippen molar-refractivity contribution in [2.75, 3.05) is 6.54 Å². The molecule has 0 saturated carbocycles. The molecule has 0 aliphatic carbocycles. The number of nitrogens with one attached hydrogen (secondary N) is 1. The smallest absolute Gasteiger partial charge is 0.258 e. The highest BCUT2D eigenvalue weighted by molar-refractivity contribution is 6.21. The number of hydrogen-bond donors (Lipinski definition) is 2. The summed E-state index contributed by atoms with van der Waals surface area (Å²) in [5.41, 5.74) is 5.85. The number of carbonyl (C=O) groups is 2. The number of carbonyl (C=O) groups excluding carboxylic acids is 2. The molecule has 0 unspecified atom stereocenters. The summed E-state index contributed by atoms with van der Waals surface area (Å²) in [6.45, 7) is 9.48. The summed E-state index contributed by atoms with van der Waals surface area (Å²) in [6, 6.07) is 6.74. The summed E-state index contributed by atoms with van der Waals surface area (Å²) in [5, 5.41) is 2.20. The maximum Gasteiger partial charge on any atom is 0.258 e. The summed E-state index contributed by atoms with van der Waals surface area (Å²) in [6.07, 6.45) is 4.61. The van der Waals surface area contributed by atoms with Gasteiger partial charge in [0.05, 0.1) is 11.1 Å². The van der Waals surface area contributed by atoms with E-state index in [2.05, 4.69) is 25.4 Å². The summed E-state index contributed by atoms with van der Waals surface area (Å²) < 4.78 is 0. The van der Waals surface area contributed by atoms with Gasteiger partial charge in [-0.05, 0) is 18.6 Å². The maximum absolute atomic E-state index is 10.9. The third kappa shape index (κ3) is 9.66. The molecule has 1 aliphatic heterocycles. The minimum absolute atomic E-state index is 0. The quantitative estimate of drug-likeness (QED) is 0.635. The van der Waals surface area contributed by atoms with Gasteiger partial charge in [-0.1, -0.05) is 53.5 Å². The van der Waals surface area contributed by atoms with Crippen LogP contribution in [0.3, 0.4) is 0 Å². The third-order valence-electron chi connectivity index (χ3n) is 2.10. The van der Waals surface area contributed by atoms with Crippen LogP contribution in [0.4, 0.5) is 0 Å². The number of hydrogen-bond acceptors (Lipinski definition) is 3. The maximum atomic E-state index is 10.9. The lowest BCUT2D eigenvalue weighted by atomic mass is 10.1. The number of imide groups is 1. The first-order valence-electron chi connectivity index (χ1n) is 5.98. The Bertz CT molecular complexity index is 413. The van der Waals surface area contributed by atoms with Crippen LogP contribution in [0.25, 0.3) is 0 Å². The van der Waals surface area contributed by atoms with E-state index in [0.29, 0.717) is 17.7 Å². The Kier molecular flexibility index (Phi) is 21.5. The topological polar surface area (TPSA) is 72.2 Å². The van der Waals surface area contributed by atoms with Gasteiger partial charge in [-0.3, -0.25) is 14.9 Å². The molecule has 126 valence electrons. The van der Waals surface area contributed by atoms with Crippen molar-refractivity contribution in [2.24, 2.45) is 5.73 Å². The van der Waals surface area contributed by atoms with Gasteiger partial charge in [-0.2, -0.15) is 0 Å². The second kappa shape index (κ2) is 16.9. The van der Waals surface area contributed by atoms with Crippen molar-refractivity contribution in [2.45, 2.75) is 35.6 Å². The molecule has 0 atom stereocenters. The van der Waals surface area contributed by atoms with Crippen LogP contribution in [-0.2, 0) is 0 Å². The molecule has 0 radical (unpaired) electrons. The van der Waals surface area contributed by atoms with Gasteiger partial charge >= 0.3 is 0 Å². The van der Waals surface area contributed by atoms with E-state index in [1.807, 2.05) is 6.08 Å². The van der Waals surface area contributed by atoms with Crippen LogP contribution in [-0.4, -0.2) is 18.4 Å². The van der Waals surface area contributed by atoms with Crippen LogP contribution < -0.4 is 11.1 Å². The normalized spacial score (nSPS) is 9.55. The molecular formula is C18H32N2O2. The van der Waals surface area contributed by atoms with E-state index in [1.165, 1.54) is 0 Å². The lowest BCUT2D eigenvalue weighted by Gasteiger charge is -1.88. The molecule has 1 heterocycles. The standard InChI is InChI=1S/C8H5NO2.C4H8.C3H7N.3CH4/c10-7-5-3-1-2-4-6(5)8(11)9-7;1-3-4-2;1-2-3-4;;;/h1-4H,(H,9,10,11);3H,1,4H2,2H3;2H,1,3-4H2;3*1H4. The molecule has 4 nitrogen and oxygen atoms in total. The molecule has 1 aliphatic rings. The van der Waals surface area contributed by atoms with E-state index in [1.54, 1.807) is 30.3 Å². The van der Waals surface area contributed by atoms with Gasteiger partial charge in [-0.15, -0.1) is 13.2 Å². The minimum atomic E-state index is -0.300. The van der Waals surface area contributed by atoms with E-state index >= 15 is 0 Å². The summed E-state index contributed by atoms with van der Waals surface area (Å²) in [7, 11) is 0. The predicted octanol–water partition coefficient (Wildman–Crippen LogP) is 4.19. The largest absolute Gasteiger partial charge is 0.327 e. The molecule has 2 rings (SSSR count). The molecule has 1 aromatic carbocycles. The first-order valence-corrected chi connectivity index (χ1v) is 5.98. The summed E-state index contributed by atoms with van der Waals surface area (Å²) in [5.74, 6) is -0.601. The van der Waals surface area contributed by atoms with Crippen molar-refractivity contribution in [1.29, 1.82) is 0 Å². The lowest BCUT2D eigenvalue weighted by Crippen LogP contribution is -2.19. The predicted molar refractivity (Wildman–Crippen MR) is 98.2 cm³/mol. The Hall–Kier alpha value is -2.20. The first-order chi connectivity index (χ1) is 9.12. The molecular weight excluding hydrogens is 276 g/mol. The van der Waals surface area contributed by atoms with E-state index in [9.17, 15) is 9.59 Å². The zero-order chi connectivity index (χ0) is 14.7. The van der Waals surface area contributed by atoms with Crippen LogP contribution >= 0.6 is 0 Å². The van der Waals surface area contributed by atoms with Crippen LogP contribution in [0.1, 0.15) is 56.3 Å². The van der Waals surface area contributed by atoms with Crippen molar-refractivity contribution >= 4 is 11.8 Å². The molecule has 22 heavy (non-hydrogen) atoms. The van der Waals surface area contributed by atoms with Crippen LogP contribution in [0.5, 0.6) is 0 Å². The van der Waals surface area contributed by atoms with Crippen LogP contribution in [0.2, 0.25) is 0 Å². The third-order valence-corrected chi connectivity index (χ3v) is 2.10. The molecule has 0 aromatic heterocycles. The molecule has 0 bridgehead atoms. The second-order valence-corrected chi connectivity index (χ2v) is 3.55. The Morgan fingerprint density at radius 3 is 1.55 bits per heavy atom. The average Bonchev–Trinajstić information content (AvgIpc) is 2.75. The fourth-order valence-corrected chi connectivity index (χ4v) is 1.12. The number of allylic oxidation sites excluding steroid dienone is 1. The SMILES string of the molecule is C.C.C.C=CCC.C=CCN.O=C1NC(=O)c2ccccc21. The van der Waals surface area contributed by atoms with Crippen molar-refractivity contribution in [3.05, 3.63) is 60.7 Å². The first kappa shape index (κ1) is 28.0. The van der Waals surface area contributed by atoms with Gasteiger partial charge < -0.3 is 5.73 Å². The Morgan fingerprint density at radius 2 is 1.32 bits per heavy atom. The van der Waals surface area contributed by atoms with Gasteiger partial charge in [0.2, 0.25) is 0 Å². The summed E-state index contributed by atoms with van der Waals surface area (Å²) >= 11 is 0. The van der Waals surface area contributed by atoms with Crippen molar-refractivity contribution in [3.63, 3.8) is 0 Å². The molecule has 0 spiro atoms. The Labute approximate surface area is 136 Å². The molecule has 0 fully saturated rings. The molecule has 1 aromatic rings. The average molecular weight is 308 g/mol. The van der Waals surface area contributed by atoms with Gasteiger partial charge in [0, 0.05) is 6.54 Å². The van der Waals surface area contributed by atoms with Crippen molar-refractivity contribution < 1.29 is 9.59 Å². The van der Waals surface area contributed by atoms with E-state index in [4.69, 9.17) is 5.73 Å². The van der Waals surface area contributed by atoms with Gasteiger partial charge in [0.25, 0.3) is 11.8 Å². The molecule has 4 heteroatoms. The highest BCUT2D eigenvalue weighted by Gasteiger charge is 2.25. The fraction of sp³-hybridized carbons (Fsp3) is 0.333. The number of benzene rings is 1. The van der Waals surface area contributed by atoms with Crippen molar-refractivity contribution in [1.82, 2.24) is 5.32 Å². The minimum Gasteiger partial charge on any atom is -0.327 e. The Balaban J connectivity index is -0.000000128. The van der Waals surface area contributed by atoms with Gasteiger partial charge in [0.1, 0.15) is 0 Å². The zero-order valence-corrected chi connectivity index (χ0v) is 11.2. The van der Waals surface area contributed by atoms with E-state index in [0.717, 1.165) is 6.42 Å². The number of rotatable bonds is 2. The number of amides is 2. The highest BCUT2D eigenvalue weighted by atomic mass is 16.2. The van der Waals surface area contributed by atoms with E-state index < -0.39 is 0 Å². The van der Waals surface area contributed by atoms with Gasteiger partial charge in [0.15, 0.2) is 0 Å². The fourth-order valence-electron chi connectivity index (χ4n) is 1.12. The number of nitrogens with two attached hydrogens (primary N) is 1. The Morgan fingerprint density at radius 1 is 1.00 bits per heavy atom. The van der Waals surface area contributed by atoms with Crippen LogP contribution in [0.15, 0.2) is 49.6 Å². The zero-order valence-electron chi connectivity index (χ0n) is 11.2. The van der Waals surface area contributed by atoms with Gasteiger partial charge in [-0.25, -0.2) is 0 Å². The highest BCUT2D eigenvalue weighted by Crippen LogP contribution is 2.13. The number of fused-ring (bicyclic) bond motifs is 1. The van der Waals surface area contributed by atoms with E-state index in [-0.39, 0.29) is 34.1 Å². The molecule has 3 N–H and O–H groups in total. The molecule has 2 amide bonds. The molecule has 0 saturated heterocycles. The lowest BCUT2D eigenvalue weighted by molar-refractivity contribution is 0.0879. The van der Waals surface area contributed by atoms with Crippen molar-refractivity contribution in [3.8, 4) is 0 Å². The monoisotopic (exact) mass is 308 g/mol. The second-order valence-electron chi connectivity index (χ2n) is 3.55.